The molecule has 108 valence electrons. The quantitative estimate of drug-likeness (QED) is 0.377. The van der Waals surface area contributed by atoms with Crippen LogP contribution in [0.15, 0.2) is 26.8 Å². The van der Waals surface area contributed by atoms with E-state index in [1.54, 1.807) is 12.1 Å². The number of nitrogens with zero attached hydrogens (tertiary/aromatic N) is 2. The maximum Gasteiger partial charge on any atom is 0.255 e. The van der Waals surface area contributed by atoms with Crippen LogP contribution in [0.3, 0.4) is 0 Å². The first-order valence-electron chi connectivity index (χ1n) is 5.34. The number of carbonyl (C=O) groups excluding carboxylic acids is 1. The van der Waals surface area contributed by atoms with E-state index in [4.69, 9.17) is 26.7 Å². The molecule has 1 aromatic carbocycles. The number of benzene rings is 1. The molecular formula is C11H14BrN5O3. The zero-order chi connectivity index (χ0) is 15.1. The van der Waals surface area contributed by atoms with E-state index in [0.29, 0.717) is 21.5 Å². The van der Waals surface area contributed by atoms with Gasteiger partial charge >= 0.3 is 0 Å². The van der Waals surface area contributed by atoms with Gasteiger partial charge in [0.05, 0.1) is 13.3 Å². The fraction of sp³-hybridized carbons (Fsp3) is 0.182. The second kappa shape index (κ2) is 7.34. The third-order valence-electron chi connectivity index (χ3n) is 2.02. The Balaban J connectivity index is 3.03. The van der Waals surface area contributed by atoms with Gasteiger partial charge in [-0.2, -0.15) is 5.10 Å². The Bertz CT molecular complexity index is 555. The zero-order valence-corrected chi connectivity index (χ0v) is 12.3. The summed E-state index contributed by atoms with van der Waals surface area (Å²) < 4.78 is 11.0. The van der Waals surface area contributed by atoms with Crippen molar-refractivity contribution in [3.05, 3.63) is 22.2 Å². The Kier molecular flexibility index (Phi) is 5.78. The number of hydrogen-bond acceptors (Lipinski definition) is 5. The van der Waals surface area contributed by atoms with Gasteiger partial charge in [-0.3, -0.25) is 4.79 Å². The molecule has 0 aliphatic rings. The average Bonchev–Trinajstić information content (AvgIpc) is 2.37. The molecule has 9 heteroatoms. The fourth-order valence-corrected chi connectivity index (χ4v) is 1.65. The summed E-state index contributed by atoms with van der Waals surface area (Å²) in [4.78, 5) is 10.7. The highest BCUT2D eigenvalue weighted by Gasteiger charge is 2.10. The second-order valence-electron chi connectivity index (χ2n) is 3.55. The minimum atomic E-state index is -0.582. The van der Waals surface area contributed by atoms with Gasteiger partial charge in [-0.05, 0) is 28.1 Å². The number of ether oxygens (including phenoxy) is 2. The van der Waals surface area contributed by atoms with E-state index in [-0.39, 0.29) is 12.6 Å². The number of methoxy groups -OCH3 is 1. The van der Waals surface area contributed by atoms with E-state index in [1.807, 2.05) is 0 Å². The van der Waals surface area contributed by atoms with Gasteiger partial charge in [0.2, 0.25) is 5.96 Å². The monoisotopic (exact) mass is 343 g/mol. The Morgan fingerprint density at radius 1 is 1.35 bits per heavy atom. The van der Waals surface area contributed by atoms with Gasteiger partial charge in [0, 0.05) is 10.0 Å². The molecular weight excluding hydrogens is 330 g/mol. The lowest BCUT2D eigenvalue weighted by Crippen LogP contribution is -2.21. The highest BCUT2D eigenvalue weighted by atomic mass is 79.9. The molecule has 8 nitrogen and oxygen atoms in total. The molecule has 0 aliphatic carbocycles. The molecule has 1 aromatic rings. The smallest absolute Gasteiger partial charge is 0.255 e. The summed E-state index contributed by atoms with van der Waals surface area (Å²) in [6.45, 7) is -0.246. The number of hydrogen-bond donors (Lipinski definition) is 3. The lowest BCUT2D eigenvalue weighted by Gasteiger charge is -2.11. The number of carbonyl (C=O) groups is 1. The van der Waals surface area contributed by atoms with Gasteiger partial charge in [-0.1, -0.05) is 0 Å². The molecule has 0 aliphatic heterocycles. The molecule has 0 radical (unpaired) electrons. The summed E-state index contributed by atoms with van der Waals surface area (Å²) in [7, 11) is 1.47. The molecule has 1 amide bonds. The molecule has 0 fully saturated rings. The summed E-state index contributed by atoms with van der Waals surface area (Å²) in [5.41, 5.74) is 16.0. The Morgan fingerprint density at radius 3 is 2.60 bits per heavy atom. The highest BCUT2D eigenvalue weighted by molar-refractivity contribution is 9.10. The van der Waals surface area contributed by atoms with Crippen LogP contribution in [0.4, 0.5) is 0 Å². The van der Waals surface area contributed by atoms with Crippen molar-refractivity contribution in [3.8, 4) is 11.5 Å². The first kappa shape index (κ1) is 15.8. The summed E-state index contributed by atoms with van der Waals surface area (Å²) in [6.07, 6.45) is 1.43. The maximum atomic E-state index is 10.7. The molecule has 6 N–H and O–H groups in total. The lowest BCUT2D eigenvalue weighted by molar-refractivity contribution is -0.119. The summed E-state index contributed by atoms with van der Waals surface area (Å²) in [6, 6.07) is 3.27. The maximum absolute atomic E-state index is 10.7. The molecule has 0 heterocycles. The van der Waals surface area contributed by atoms with Gasteiger partial charge in [0.25, 0.3) is 5.91 Å². The van der Waals surface area contributed by atoms with Crippen molar-refractivity contribution in [2.45, 2.75) is 0 Å². The average molecular weight is 344 g/mol. The molecule has 0 unspecified atom stereocenters. The van der Waals surface area contributed by atoms with Gasteiger partial charge in [0.15, 0.2) is 18.1 Å². The van der Waals surface area contributed by atoms with Crippen LogP contribution >= 0.6 is 15.9 Å². The molecule has 0 spiro atoms. The van der Waals surface area contributed by atoms with Crippen molar-refractivity contribution in [1.82, 2.24) is 0 Å². The standard InChI is InChI=1S/C11H14BrN5O3/c1-19-8-2-6(4-16-17-11(14)15)7(12)3-9(8)20-5-10(13)18/h2-4H,5H2,1H3,(H2,13,18)(H4,14,15,17). The SMILES string of the molecule is COc1cc(C=NN=C(N)N)c(Br)cc1OCC(N)=O. The second-order valence-corrected chi connectivity index (χ2v) is 4.40. The van der Waals surface area contributed by atoms with Crippen LogP contribution in [0.5, 0.6) is 11.5 Å². The molecule has 0 saturated carbocycles. The number of guanidine groups is 1. The summed E-state index contributed by atoms with van der Waals surface area (Å²) >= 11 is 3.33. The van der Waals surface area contributed by atoms with E-state index in [9.17, 15) is 4.79 Å². The van der Waals surface area contributed by atoms with Gasteiger partial charge in [-0.25, -0.2) is 0 Å². The predicted molar refractivity (Wildman–Crippen MR) is 78.8 cm³/mol. The largest absolute Gasteiger partial charge is 0.493 e. The number of rotatable bonds is 6. The number of halogens is 1. The van der Waals surface area contributed by atoms with Gasteiger partial charge in [0.1, 0.15) is 0 Å². The van der Waals surface area contributed by atoms with E-state index in [0.717, 1.165) is 0 Å². The van der Waals surface area contributed by atoms with Crippen LogP contribution in [-0.2, 0) is 4.79 Å². The molecule has 0 atom stereocenters. The van der Waals surface area contributed by atoms with Crippen LogP contribution in [-0.4, -0.2) is 31.8 Å². The minimum Gasteiger partial charge on any atom is -0.493 e. The van der Waals surface area contributed by atoms with Crippen LogP contribution < -0.4 is 26.7 Å². The Hall–Kier alpha value is -2.29. The van der Waals surface area contributed by atoms with Crippen LogP contribution in [0.25, 0.3) is 0 Å². The molecule has 20 heavy (non-hydrogen) atoms. The first-order valence-corrected chi connectivity index (χ1v) is 6.14. The van der Waals surface area contributed by atoms with E-state index >= 15 is 0 Å². The van der Waals surface area contributed by atoms with Crippen molar-refractivity contribution in [2.75, 3.05) is 13.7 Å². The molecule has 0 aromatic heterocycles. The molecule has 0 saturated heterocycles. The highest BCUT2D eigenvalue weighted by Crippen LogP contribution is 2.32. The Morgan fingerprint density at radius 2 is 2.05 bits per heavy atom. The number of nitrogens with two attached hydrogens (primary N) is 3. The first-order chi connectivity index (χ1) is 9.43. The van der Waals surface area contributed by atoms with Crippen molar-refractivity contribution < 1.29 is 14.3 Å². The van der Waals surface area contributed by atoms with Crippen molar-refractivity contribution in [3.63, 3.8) is 0 Å². The van der Waals surface area contributed by atoms with Crippen LogP contribution in [0.1, 0.15) is 5.56 Å². The Labute approximate surface area is 123 Å². The van der Waals surface area contributed by atoms with Crippen LogP contribution in [0.2, 0.25) is 0 Å². The molecule has 1 rings (SSSR count). The van der Waals surface area contributed by atoms with E-state index in [1.165, 1.54) is 13.3 Å². The fourth-order valence-electron chi connectivity index (χ4n) is 1.23. The third-order valence-corrected chi connectivity index (χ3v) is 2.71. The molecule has 0 bridgehead atoms. The number of primary amides is 1. The van der Waals surface area contributed by atoms with E-state index in [2.05, 4.69) is 26.1 Å². The third kappa shape index (κ3) is 4.76. The number of amides is 1. The summed E-state index contributed by atoms with van der Waals surface area (Å²) in [5, 5.41) is 7.18. The topological polar surface area (TPSA) is 138 Å². The van der Waals surface area contributed by atoms with E-state index < -0.39 is 5.91 Å². The summed E-state index contributed by atoms with van der Waals surface area (Å²) in [5.74, 6) is 0.0603. The minimum absolute atomic E-state index is 0.147. The zero-order valence-electron chi connectivity index (χ0n) is 10.7. The van der Waals surface area contributed by atoms with Crippen molar-refractivity contribution in [1.29, 1.82) is 0 Å². The van der Waals surface area contributed by atoms with Gasteiger partial charge in [-0.15, -0.1) is 5.10 Å². The van der Waals surface area contributed by atoms with Crippen molar-refractivity contribution in [2.24, 2.45) is 27.4 Å². The normalized spacial score (nSPS) is 10.3. The lowest BCUT2D eigenvalue weighted by atomic mass is 10.2. The van der Waals surface area contributed by atoms with Crippen molar-refractivity contribution >= 4 is 34.0 Å². The van der Waals surface area contributed by atoms with Crippen LogP contribution in [0, 0.1) is 0 Å². The predicted octanol–water partition coefficient (Wildman–Crippen LogP) is -0.0709. The van der Waals surface area contributed by atoms with Gasteiger partial charge < -0.3 is 26.7 Å².